The minimum Gasteiger partial charge on any atom is -0.479 e. The van der Waals surface area contributed by atoms with E-state index in [1.165, 1.54) is 0 Å². The molecule has 0 bridgehead atoms. The van der Waals surface area contributed by atoms with Crippen molar-refractivity contribution in [2.75, 3.05) is 6.61 Å². The zero-order valence-electron chi connectivity index (χ0n) is 7.08. The Hall–Kier alpha value is -0.810. The topological polar surface area (TPSA) is 66.5 Å². The molecular weight excluding hydrogens is 238 g/mol. The van der Waals surface area contributed by atoms with Crippen molar-refractivity contribution in [1.29, 1.82) is 5.41 Å². The Bertz CT molecular complexity index is 297. The molecule has 2 N–H and O–H groups in total. The molecule has 1 rings (SSSR count). The number of hydrogen-bond acceptors (Lipinski definition) is 4. The third-order valence-corrected chi connectivity index (χ3v) is 1.84. The highest BCUT2D eigenvalue weighted by Gasteiger charge is 2.18. The van der Waals surface area contributed by atoms with Crippen molar-refractivity contribution < 1.29 is 14.3 Å². The smallest absolute Gasteiger partial charge is 0.218 e. The van der Waals surface area contributed by atoms with E-state index in [1.54, 1.807) is 19.1 Å². The summed E-state index contributed by atoms with van der Waals surface area (Å²) in [5, 5.41) is 16.8. The Morgan fingerprint density at radius 2 is 2.46 bits per heavy atom. The van der Waals surface area contributed by atoms with Gasteiger partial charge in [0, 0.05) is 0 Å². The van der Waals surface area contributed by atoms with Crippen molar-refractivity contribution in [3.8, 4) is 0 Å². The van der Waals surface area contributed by atoms with Crippen LogP contribution in [0.3, 0.4) is 0 Å². The molecule has 1 aromatic rings. The maximum atomic E-state index is 9.47. The molecule has 0 fully saturated rings. The van der Waals surface area contributed by atoms with Crippen molar-refractivity contribution in [1.82, 2.24) is 0 Å². The molecule has 5 heteroatoms. The maximum absolute atomic E-state index is 9.47. The summed E-state index contributed by atoms with van der Waals surface area (Å²) in [6, 6.07) is 3.24. The van der Waals surface area contributed by atoms with Crippen LogP contribution in [0.25, 0.3) is 0 Å². The predicted octanol–water partition coefficient (Wildman–Crippen LogP) is 2.09. The molecule has 1 atom stereocenters. The van der Waals surface area contributed by atoms with Crippen molar-refractivity contribution in [3.63, 3.8) is 0 Å². The van der Waals surface area contributed by atoms with Crippen LogP contribution in [0.4, 0.5) is 0 Å². The monoisotopic (exact) mass is 247 g/mol. The van der Waals surface area contributed by atoms with Crippen molar-refractivity contribution in [2.45, 2.75) is 13.0 Å². The Balaban J connectivity index is 2.67. The van der Waals surface area contributed by atoms with Crippen LogP contribution in [0.2, 0.25) is 0 Å². The molecular formula is C8H10BrNO3. The van der Waals surface area contributed by atoms with Crippen molar-refractivity contribution >= 4 is 21.8 Å². The molecule has 0 saturated carbocycles. The number of rotatable bonds is 3. The first-order chi connectivity index (χ1) is 6.15. The number of nitrogens with one attached hydrogen (secondary N) is 1. The lowest BCUT2D eigenvalue weighted by molar-refractivity contribution is 0.167. The van der Waals surface area contributed by atoms with Gasteiger partial charge in [-0.25, -0.2) is 0 Å². The molecule has 0 saturated heterocycles. The van der Waals surface area contributed by atoms with Gasteiger partial charge in [-0.1, -0.05) is 0 Å². The van der Waals surface area contributed by atoms with Crippen molar-refractivity contribution in [2.24, 2.45) is 0 Å². The lowest BCUT2D eigenvalue weighted by atomic mass is 10.3. The van der Waals surface area contributed by atoms with Crippen LogP contribution in [0, 0.1) is 5.41 Å². The first kappa shape index (κ1) is 10.3. The first-order valence-corrected chi connectivity index (χ1v) is 4.59. The van der Waals surface area contributed by atoms with Gasteiger partial charge in [0.2, 0.25) is 5.90 Å². The van der Waals surface area contributed by atoms with Gasteiger partial charge >= 0.3 is 0 Å². The zero-order chi connectivity index (χ0) is 9.84. The lowest BCUT2D eigenvalue weighted by Gasteiger charge is -2.08. The Morgan fingerprint density at radius 1 is 1.77 bits per heavy atom. The van der Waals surface area contributed by atoms with Gasteiger partial charge in [-0.05, 0) is 35.0 Å². The van der Waals surface area contributed by atoms with Gasteiger partial charge in [-0.15, -0.1) is 0 Å². The lowest BCUT2D eigenvalue weighted by Crippen LogP contribution is -2.13. The predicted molar refractivity (Wildman–Crippen MR) is 50.7 cm³/mol. The fraction of sp³-hybridized carbons (Fsp3) is 0.375. The van der Waals surface area contributed by atoms with E-state index >= 15 is 0 Å². The van der Waals surface area contributed by atoms with Crippen molar-refractivity contribution in [3.05, 3.63) is 22.6 Å². The summed E-state index contributed by atoms with van der Waals surface area (Å²) in [6.45, 7) is 2.11. The molecule has 0 spiro atoms. The van der Waals surface area contributed by atoms with Crippen LogP contribution in [0.1, 0.15) is 18.8 Å². The summed E-state index contributed by atoms with van der Waals surface area (Å²) in [5.41, 5.74) is 0. The summed E-state index contributed by atoms with van der Waals surface area (Å²) in [4.78, 5) is 0. The van der Waals surface area contributed by atoms with E-state index in [2.05, 4.69) is 15.9 Å². The average Bonchev–Trinajstić information content (AvgIpc) is 2.51. The molecule has 0 aliphatic carbocycles. The molecule has 0 aromatic carbocycles. The third-order valence-electron chi connectivity index (χ3n) is 1.41. The molecule has 0 amide bonds. The average molecular weight is 248 g/mol. The summed E-state index contributed by atoms with van der Waals surface area (Å²) in [7, 11) is 0. The van der Waals surface area contributed by atoms with E-state index in [4.69, 9.17) is 14.6 Å². The van der Waals surface area contributed by atoms with Gasteiger partial charge in [0.15, 0.2) is 10.8 Å². The van der Waals surface area contributed by atoms with Crippen LogP contribution in [0.5, 0.6) is 0 Å². The quantitative estimate of drug-likeness (QED) is 0.635. The summed E-state index contributed by atoms with van der Waals surface area (Å²) >= 11 is 3.10. The highest BCUT2D eigenvalue weighted by Crippen LogP contribution is 2.21. The van der Waals surface area contributed by atoms with E-state index in [9.17, 15) is 5.11 Å². The molecule has 0 radical (unpaired) electrons. The highest BCUT2D eigenvalue weighted by atomic mass is 79.9. The number of ether oxygens (including phenoxy) is 1. The second kappa shape index (κ2) is 4.43. The van der Waals surface area contributed by atoms with Gasteiger partial charge in [0.1, 0.15) is 5.76 Å². The van der Waals surface area contributed by atoms with Crippen LogP contribution >= 0.6 is 15.9 Å². The minimum absolute atomic E-state index is 0.204. The second-order valence-electron chi connectivity index (χ2n) is 2.34. The Labute approximate surface area is 84.1 Å². The fourth-order valence-electron chi connectivity index (χ4n) is 0.839. The zero-order valence-corrected chi connectivity index (χ0v) is 8.67. The molecule has 0 aliphatic rings. The Kier molecular flexibility index (Phi) is 3.50. The molecule has 4 nitrogen and oxygen atoms in total. The molecule has 1 heterocycles. The van der Waals surface area contributed by atoms with E-state index in [1.807, 2.05) is 0 Å². The Morgan fingerprint density at radius 3 is 2.92 bits per heavy atom. The fourth-order valence-corrected chi connectivity index (χ4v) is 1.16. The van der Waals surface area contributed by atoms with E-state index in [0.717, 1.165) is 0 Å². The summed E-state index contributed by atoms with van der Waals surface area (Å²) in [6.07, 6.45) is -1.12. The van der Waals surface area contributed by atoms with Gasteiger partial charge in [-0.2, -0.15) is 0 Å². The van der Waals surface area contributed by atoms with Gasteiger partial charge in [-0.3, -0.25) is 5.41 Å². The van der Waals surface area contributed by atoms with Gasteiger partial charge < -0.3 is 14.3 Å². The molecule has 0 aliphatic heterocycles. The van der Waals surface area contributed by atoms with E-state index in [-0.39, 0.29) is 5.90 Å². The van der Waals surface area contributed by atoms with Crippen LogP contribution in [-0.2, 0) is 4.74 Å². The largest absolute Gasteiger partial charge is 0.479 e. The standard InChI is InChI=1S/C8H10BrNO3/c1-2-12-8(10)7(11)5-3-4-6(9)13-5/h3-4,7,10-11H,2H2,1H3. The minimum atomic E-state index is -1.12. The van der Waals surface area contributed by atoms with Crippen LogP contribution in [0.15, 0.2) is 21.2 Å². The number of hydrogen-bond donors (Lipinski definition) is 2. The van der Waals surface area contributed by atoms with Crippen LogP contribution in [-0.4, -0.2) is 17.6 Å². The summed E-state index contributed by atoms with van der Waals surface area (Å²) in [5.74, 6) is 0.0923. The summed E-state index contributed by atoms with van der Waals surface area (Å²) < 4.78 is 10.4. The SMILES string of the molecule is CCOC(=N)C(O)c1ccc(Br)o1. The number of furan rings is 1. The third kappa shape index (κ3) is 2.57. The first-order valence-electron chi connectivity index (χ1n) is 3.79. The molecule has 1 unspecified atom stereocenters. The van der Waals surface area contributed by atoms with E-state index < -0.39 is 6.10 Å². The normalized spacial score (nSPS) is 12.5. The van der Waals surface area contributed by atoms with Gasteiger partial charge in [0.05, 0.1) is 6.61 Å². The molecule has 1 aromatic heterocycles. The van der Waals surface area contributed by atoms with E-state index in [0.29, 0.717) is 17.0 Å². The second-order valence-corrected chi connectivity index (χ2v) is 3.12. The number of aliphatic hydroxyl groups excluding tert-OH is 1. The molecule has 13 heavy (non-hydrogen) atoms. The number of halogens is 1. The van der Waals surface area contributed by atoms with Crippen LogP contribution < -0.4 is 0 Å². The molecule has 72 valence electrons. The maximum Gasteiger partial charge on any atom is 0.218 e. The highest BCUT2D eigenvalue weighted by molar-refractivity contribution is 9.10. The number of aliphatic hydroxyl groups is 1. The van der Waals surface area contributed by atoms with Gasteiger partial charge in [0.25, 0.3) is 0 Å².